The van der Waals surface area contributed by atoms with E-state index in [9.17, 15) is 23.1 Å². The van der Waals surface area contributed by atoms with Crippen LogP contribution in [0.25, 0.3) is 0 Å². The van der Waals surface area contributed by atoms with E-state index < -0.39 is 42.2 Å². The van der Waals surface area contributed by atoms with E-state index >= 15 is 0 Å². The predicted octanol–water partition coefficient (Wildman–Crippen LogP) is 2.62. The zero-order chi connectivity index (χ0) is 17.8. The Morgan fingerprint density at radius 2 is 1.74 bits per heavy atom. The molecule has 0 radical (unpaired) electrons. The molecule has 0 fully saturated rings. The van der Waals surface area contributed by atoms with Crippen LogP contribution in [0.5, 0.6) is 0 Å². The van der Waals surface area contributed by atoms with Gasteiger partial charge in [-0.15, -0.1) is 0 Å². The highest BCUT2D eigenvalue weighted by Crippen LogP contribution is 2.30. The van der Waals surface area contributed by atoms with Crippen molar-refractivity contribution in [3.05, 3.63) is 35.4 Å². The number of halogens is 3. The molecule has 0 aliphatic rings. The largest absolute Gasteiger partial charge is 0.444 e. The van der Waals surface area contributed by atoms with E-state index in [1.165, 1.54) is 0 Å². The summed E-state index contributed by atoms with van der Waals surface area (Å²) in [4.78, 5) is 11.8. The molecule has 0 heterocycles. The van der Waals surface area contributed by atoms with Crippen molar-refractivity contribution in [1.82, 2.24) is 5.32 Å². The van der Waals surface area contributed by atoms with Gasteiger partial charge in [-0.1, -0.05) is 12.1 Å². The number of alkyl halides is 3. The standard InChI is InChI=1S/C15H20F3NO4/c1-14(2,3)23-13(22)19-12(11(21)8-20)9-4-6-10(7-5-9)15(16,17)18/h4-7,11-12,20-21H,8H2,1-3H3,(H,19,22). The highest BCUT2D eigenvalue weighted by atomic mass is 19.4. The van der Waals surface area contributed by atoms with Crippen LogP contribution in [-0.4, -0.2) is 34.6 Å². The SMILES string of the molecule is CC(C)(C)OC(=O)NC(c1ccc(C(F)(F)F)cc1)C(O)CO. The van der Waals surface area contributed by atoms with Crippen molar-refractivity contribution in [3.8, 4) is 0 Å². The zero-order valence-corrected chi connectivity index (χ0v) is 13.0. The Bertz CT molecular complexity index is 523. The molecule has 0 aliphatic heterocycles. The monoisotopic (exact) mass is 335 g/mol. The molecule has 1 amide bonds. The summed E-state index contributed by atoms with van der Waals surface area (Å²) in [6.07, 6.45) is -6.73. The van der Waals surface area contributed by atoms with Gasteiger partial charge in [0.1, 0.15) is 11.7 Å². The van der Waals surface area contributed by atoms with Crippen molar-refractivity contribution in [3.63, 3.8) is 0 Å². The Morgan fingerprint density at radius 1 is 1.22 bits per heavy atom. The molecule has 3 N–H and O–H groups in total. The number of carbonyl (C=O) groups is 1. The Labute approximate surface area is 132 Å². The van der Waals surface area contributed by atoms with Crippen molar-refractivity contribution >= 4 is 6.09 Å². The second-order valence-electron chi connectivity index (χ2n) is 5.99. The minimum absolute atomic E-state index is 0.213. The molecule has 0 saturated carbocycles. The van der Waals surface area contributed by atoms with Crippen LogP contribution in [0.4, 0.5) is 18.0 Å². The molecule has 1 rings (SSSR count). The number of aliphatic hydroxyl groups is 2. The van der Waals surface area contributed by atoms with Gasteiger partial charge in [0, 0.05) is 0 Å². The van der Waals surface area contributed by atoms with Gasteiger partial charge in [0.25, 0.3) is 0 Å². The Balaban J connectivity index is 2.96. The molecule has 130 valence electrons. The smallest absolute Gasteiger partial charge is 0.416 e. The number of alkyl carbamates (subject to hydrolysis) is 1. The van der Waals surface area contributed by atoms with Crippen molar-refractivity contribution < 1.29 is 32.9 Å². The summed E-state index contributed by atoms with van der Waals surface area (Å²) in [5.74, 6) is 0. The van der Waals surface area contributed by atoms with Crippen LogP contribution >= 0.6 is 0 Å². The van der Waals surface area contributed by atoms with Crippen LogP contribution in [0.1, 0.15) is 37.9 Å². The summed E-state index contributed by atoms with van der Waals surface area (Å²) >= 11 is 0. The van der Waals surface area contributed by atoms with E-state index in [0.29, 0.717) is 0 Å². The first-order valence-corrected chi connectivity index (χ1v) is 6.89. The molecule has 0 bridgehead atoms. The minimum atomic E-state index is -4.48. The lowest BCUT2D eigenvalue weighted by atomic mass is 10.0. The maximum atomic E-state index is 12.6. The number of amides is 1. The molecule has 0 aliphatic carbocycles. The van der Waals surface area contributed by atoms with Gasteiger partial charge in [0.05, 0.1) is 18.2 Å². The number of aliphatic hydroxyl groups excluding tert-OH is 2. The lowest BCUT2D eigenvalue weighted by molar-refractivity contribution is -0.137. The molecule has 0 saturated heterocycles. The van der Waals surface area contributed by atoms with E-state index in [2.05, 4.69) is 5.32 Å². The van der Waals surface area contributed by atoms with Gasteiger partial charge in [0.15, 0.2) is 0 Å². The average molecular weight is 335 g/mol. The summed E-state index contributed by atoms with van der Waals surface area (Å²) in [6.45, 7) is 4.24. The molecule has 23 heavy (non-hydrogen) atoms. The maximum absolute atomic E-state index is 12.6. The van der Waals surface area contributed by atoms with E-state index in [1.54, 1.807) is 20.8 Å². The zero-order valence-electron chi connectivity index (χ0n) is 13.0. The number of rotatable bonds is 4. The maximum Gasteiger partial charge on any atom is 0.416 e. The third-order valence-electron chi connectivity index (χ3n) is 2.84. The summed E-state index contributed by atoms with van der Waals surface area (Å²) in [7, 11) is 0. The number of ether oxygens (including phenoxy) is 1. The first-order chi connectivity index (χ1) is 10.4. The van der Waals surface area contributed by atoms with Gasteiger partial charge in [-0.2, -0.15) is 13.2 Å². The highest BCUT2D eigenvalue weighted by molar-refractivity contribution is 5.68. The molecule has 2 unspecified atom stereocenters. The van der Waals surface area contributed by atoms with Crippen molar-refractivity contribution in [2.24, 2.45) is 0 Å². The number of hydrogen-bond donors (Lipinski definition) is 3. The highest BCUT2D eigenvalue weighted by Gasteiger charge is 2.31. The summed E-state index contributed by atoms with van der Waals surface area (Å²) in [5.41, 5.74) is -1.42. The summed E-state index contributed by atoms with van der Waals surface area (Å²) in [6, 6.07) is 2.83. The minimum Gasteiger partial charge on any atom is -0.444 e. The van der Waals surface area contributed by atoms with Crippen LogP contribution in [0.15, 0.2) is 24.3 Å². The molecule has 2 atom stereocenters. The van der Waals surface area contributed by atoms with Crippen molar-refractivity contribution in [2.45, 2.75) is 44.7 Å². The molecule has 1 aromatic rings. The second-order valence-corrected chi connectivity index (χ2v) is 5.99. The summed E-state index contributed by atoms with van der Waals surface area (Å²) < 4.78 is 42.7. The van der Waals surface area contributed by atoms with Crippen molar-refractivity contribution in [1.29, 1.82) is 0 Å². The Hall–Kier alpha value is -1.80. The normalized spacial score (nSPS) is 15.0. The lowest BCUT2D eigenvalue weighted by Gasteiger charge is -2.26. The van der Waals surface area contributed by atoms with E-state index in [4.69, 9.17) is 9.84 Å². The Kier molecular flexibility index (Phi) is 6.01. The van der Waals surface area contributed by atoms with E-state index in [0.717, 1.165) is 24.3 Å². The average Bonchev–Trinajstić information content (AvgIpc) is 2.41. The van der Waals surface area contributed by atoms with Crippen LogP contribution in [0, 0.1) is 0 Å². The van der Waals surface area contributed by atoms with Gasteiger partial charge in [0.2, 0.25) is 0 Å². The quantitative estimate of drug-likeness (QED) is 0.790. The number of carbonyl (C=O) groups excluding carboxylic acids is 1. The van der Waals surface area contributed by atoms with E-state index in [1.807, 2.05) is 0 Å². The first kappa shape index (κ1) is 19.2. The van der Waals surface area contributed by atoms with Crippen LogP contribution in [0.3, 0.4) is 0 Å². The lowest BCUT2D eigenvalue weighted by Crippen LogP contribution is -2.40. The van der Waals surface area contributed by atoms with Gasteiger partial charge >= 0.3 is 12.3 Å². The van der Waals surface area contributed by atoms with Gasteiger partial charge in [-0.3, -0.25) is 0 Å². The van der Waals surface area contributed by atoms with E-state index in [-0.39, 0.29) is 5.56 Å². The van der Waals surface area contributed by atoms with Crippen LogP contribution in [0.2, 0.25) is 0 Å². The predicted molar refractivity (Wildman–Crippen MR) is 76.6 cm³/mol. The second kappa shape index (κ2) is 7.18. The van der Waals surface area contributed by atoms with Crippen LogP contribution in [-0.2, 0) is 10.9 Å². The third kappa shape index (κ3) is 6.07. The van der Waals surface area contributed by atoms with Gasteiger partial charge < -0.3 is 20.3 Å². The fourth-order valence-corrected chi connectivity index (χ4v) is 1.82. The molecule has 0 aromatic heterocycles. The molecule has 5 nitrogen and oxygen atoms in total. The Morgan fingerprint density at radius 3 is 2.13 bits per heavy atom. The van der Waals surface area contributed by atoms with Crippen molar-refractivity contribution in [2.75, 3.05) is 6.61 Å². The van der Waals surface area contributed by atoms with Gasteiger partial charge in [-0.05, 0) is 38.5 Å². The molecular formula is C15H20F3NO4. The van der Waals surface area contributed by atoms with Gasteiger partial charge in [-0.25, -0.2) is 4.79 Å². The molecule has 8 heteroatoms. The fourth-order valence-electron chi connectivity index (χ4n) is 1.82. The van der Waals surface area contributed by atoms with Crippen LogP contribution < -0.4 is 5.32 Å². The summed E-state index contributed by atoms with van der Waals surface area (Å²) in [5, 5.41) is 21.2. The molecule has 0 spiro atoms. The fraction of sp³-hybridized carbons (Fsp3) is 0.533. The third-order valence-corrected chi connectivity index (χ3v) is 2.84. The molecule has 1 aromatic carbocycles. The first-order valence-electron chi connectivity index (χ1n) is 6.89. The number of benzene rings is 1. The topological polar surface area (TPSA) is 78.8 Å². The number of hydrogen-bond acceptors (Lipinski definition) is 4. The molecular weight excluding hydrogens is 315 g/mol. The number of nitrogens with one attached hydrogen (secondary N) is 1.